The van der Waals surface area contributed by atoms with Gasteiger partial charge >= 0.3 is 0 Å². The minimum Gasteiger partial charge on any atom is -0.497 e. The molecule has 0 bridgehead atoms. The smallest absolute Gasteiger partial charge is 0.125 e. The minimum atomic E-state index is 0.857. The molecule has 4 nitrogen and oxygen atoms in total. The van der Waals surface area contributed by atoms with Crippen molar-refractivity contribution in [2.24, 2.45) is 0 Å². The van der Waals surface area contributed by atoms with Gasteiger partial charge in [0.05, 0.1) is 17.3 Å². The molecule has 0 spiro atoms. The number of allylic oxidation sites excluding steroid dienone is 2. The van der Waals surface area contributed by atoms with Crippen LogP contribution in [0.5, 0.6) is 5.75 Å². The highest BCUT2D eigenvalue weighted by atomic mass is 32.1. The van der Waals surface area contributed by atoms with Crippen molar-refractivity contribution < 1.29 is 4.74 Å². The molecule has 5 heteroatoms. The van der Waals surface area contributed by atoms with Crippen molar-refractivity contribution >= 4 is 39.5 Å². The first kappa shape index (κ1) is 16.2. The molecule has 1 N–H and O–H groups in total. The zero-order valence-corrected chi connectivity index (χ0v) is 14.7. The van der Waals surface area contributed by atoms with Crippen LogP contribution in [0.1, 0.15) is 17.5 Å². The number of methoxy groups -OCH3 is 1. The molecule has 2 heterocycles. The molecule has 0 aliphatic rings. The number of aromatic nitrogens is 2. The maximum absolute atomic E-state index is 5.25. The maximum Gasteiger partial charge on any atom is 0.125 e. The second-order valence-corrected chi connectivity index (χ2v) is 6.40. The van der Waals surface area contributed by atoms with Gasteiger partial charge in [-0.1, -0.05) is 17.7 Å². The maximum atomic E-state index is 5.25. The van der Waals surface area contributed by atoms with E-state index >= 15 is 0 Å². The lowest BCUT2D eigenvalue weighted by Gasteiger charge is -1.99. The Labute approximate surface area is 145 Å². The molecule has 122 valence electrons. The average Bonchev–Trinajstić information content (AvgIpc) is 3.02. The number of thiazole rings is 1. The number of hydrogen-bond donors (Lipinski definition) is 1. The second kappa shape index (κ2) is 7.27. The highest BCUT2D eigenvalue weighted by Gasteiger charge is 2.02. The van der Waals surface area contributed by atoms with Crippen LogP contribution in [0.4, 0.5) is 5.82 Å². The monoisotopic (exact) mass is 337 g/mol. The summed E-state index contributed by atoms with van der Waals surface area (Å²) in [6.45, 7) is 2.07. The van der Waals surface area contributed by atoms with Crippen LogP contribution in [0.15, 0.2) is 48.2 Å². The van der Waals surface area contributed by atoms with Gasteiger partial charge in [-0.3, -0.25) is 0 Å². The molecule has 0 saturated heterocycles. The zero-order chi connectivity index (χ0) is 16.9. The van der Waals surface area contributed by atoms with Crippen molar-refractivity contribution in [3.8, 4) is 5.75 Å². The number of hydrogen-bond acceptors (Lipinski definition) is 5. The Hall–Kier alpha value is -2.66. The van der Waals surface area contributed by atoms with E-state index < -0.39 is 0 Å². The Balaban J connectivity index is 1.77. The molecule has 0 radical (unpaired) electrons. The fraction of sp³-hybridized carbons (Fsp3) is 0.158. The van der Waals surface area contributed by atoms with E-state index in [0.717, 1.165) is 37.9 Å². The summed E-state index contributed by atoms with van der Waals surface area (Å²) < 4.78 is 6.38. The van der Waals surface area contributed by atoms with Crippen molar-refractivity contribution in [2.45, 2.75) is 6.92 Å². The number of benzene rings is 1. The first-order chi connectivity index (χ1) is 11.7. The molecule has 3 aromatic rings. The summed E-state index contributed by atoms with van der Waals surface area (Å²) in [6.07, 6.45) is 8.06. The number of ether oxygens (including phenoxy) is 1. The molecule has 0 unspecified atom stereocenters. The van der Waals surface area contributed by atoms with Crippen molar-refractivity contribution in [2.75, 3.05) is 19.5 Å². The predicted molar refractivity (Wildman–Crippen MR) is 103 cm³/mol. The summed E-state index contributed by atoms with van der Waals surface area (Å²) in [6, 6.07) is 9.94. The van der Waals surface area contributed by atoms with Gasteiger partial charge in [-0.05, 0) is 48.9 Å². The standard InChI is InChI=1S/C19H19N3OS/c1-13(10-14-5-8-18(20-2)21-12-14)4-9-19-22-16-7-6-15(23-3)11-17(16)24-19/h4-12H,1-3H3,(H,20,21)/b9-4+,13-10+. The topological polar surface area (TPSA) is 47.0 Å². The minimum absolute atomic E-state index is 0.857. The summed E-state index contributed by atoms with van der Waals surface area (Å²) in [7, 11) is 3.54. The van der Waals surface area contributed by atoms with E-state index in [0.29, 0.717) is 0 Å². The Morgan fingerprint density at radius 3 is 2.83 bits per heavy atom. The summed E-state index contributed by atoms with van der Waals surface area (Å²) in [5.41, 5.74) is 3.21. The predicted octanol–water partition coefficient (Wildman–Crippen LogP) is 4.86. The van der Waals surface area contributed by atoms with Gasteiger partial charge in [-0.2, -0.15) is 0 Å². The fourth-order valence-electron chi connectivity index (χ4n) is 2.27. The highest BCUT2D eigenvalue weighted by molar-refractivity contribution is 7.19. The number of pyridine rings is 1. The molecule has 0 aliphatic carbocycles. The van der Waals surface area contributed by atoms with E-state index in [1.54, 1.807) is 18.4 Å². The zero-order valence-electron chi connectivity index (χ0n) is 13.9. The molecular formula is C19H19N3OS. The molecule has 2 aromatic heterocycles. The van der Waals surface area contributed by atoms with E-state index in [4.69, 9.17) is 4.74 Å². The normalized spacial score (nSPS) is 12.0. The van der Waals surface area contributed by atoms with E-state index in [9.17, 15) is 0 Å². The average molecular weight is 337 g/mol. The van der Waals surface area contributed by atoms with Gasteiger partial charge in [0.15, 0.2) is 0 Å². The largest absolute Gasteiger partial charge is 0.497 e. The van der Waals surface area contributed by atoms with Crippen LogP contribution >= 0.6 is 11.3 Å². The van der Waals surface area contributed by atoms with Crippen LogP contribution in [0.3, 0.4) is 0 Å². The van der Waals surface area contributed by atoms with Gasteiger partial charge in [0.2, 0.25) is 0 Å². The fourth-order valence-corrected chi connectivity index (χ4v) is 3.17. The van der Waals surface area contributed by atoms with E-state index in [-0.39, 0.29) is 0 Å². The quantitative estimate of drug-likeness (QED) is 0.676. The molecule has 0 aliphatic heterocycles. The summed E-state index contributed by atoms with van der Waals surface area (Å²) in [5, 5.41) is 3.99. The van der Waals surface area contributed by atoms with Gasteiger partial charge < -0.3 is 10.1 Å². The molecular weight excluding hydrogens is 318 g/mol. The van der Waals surface area contributed by atoms with Crippen LogP contribution < -0.4 is 10.1 Å². The summed E-state index contributed by atoms with van der Waals surface area (Å²) in [4.78, 5) is 8.93. The van der Waals surface area contributed by atoms with Gasteiger partial charge in [-0.15, -0.1) is 11.3 Å². The first-order valence-electron chi connectivity index (χ1n) is 7.63. The number of nitrogens with one attached hydrogen (secondary N) is 1. The third kappa shape index (κ3) is 3.81. The lowest BCUT2D eigenvalue weighted by Crippen LogP contribution is -1.90. The third-order valence-corrected chi connectivity index (χ3v) is 4.52. The molecule has 3 rings (SSSR count). The van der Waals surface area contributed by atoms with Crippen LogP contribution in [-0.2, 0) is 0 Å². The van der Waals surface area contributed by atoms with Gasteiger partial charge in [0.25, 0.3) is 0 Å². The van der Waals surface area contributed by atoms with Gasteiger partial charge in [-0.25, -0.2) is 9.97 Å². The van der Waals surface area contributed by atoms with Crippen LogP contribution in [-0.4, -0.2) is 24.1 Å². The number of nitrogens with zero attached hydrogens (tertiary/aromatic N) is 2. The summed E-state index contributed by atoms with van der Waals surface area (Å²) in [5.74, 6) is 1.72. The molecule has 0 amide bonds. The molecule has 0 saturated carbocycles. The molecule has 1 aromatic carbocycles. The Morgan fingerprint density at radius 2 is 2.12 bits per heavy atom. The molecule has 0 fully saturated rings. The molecule has 0 atom stereocenters. The Morgan fingerprint density at radius 1 is 1.25 bits per heavy atom. The molecule has 24 heavy (non-hydrogen) atoms. The Kier molecular flexibility index (Phi) is 4.91. The first-order valence-corrected chi connectivity index (χ1v) is 8.44. The highest BCUT2D eigenvalue weighted by Crippen LogP contribution is 2.27. The van der Waals surface area contributed by atoms with Crippen molar-refractivity contribution in [1.82, 2.24) is 9.97 Å². The number of rotatable bonds is 5. The van der Waals surface area contributed by atoms with Crippen LogP contribution in [0, 0.1) is 0 Å². The number of anilines is 1. The second-order valence-electron chi connectivity index (χ2n) is 5.33. The SMILES string of the molecule is CNc1ccc(/C=C(C)/C=C/c2nc3ccc(OC)cc3s2)cn1. The lowest BCUT2D eigenvalue weighted by atomic mass is 10.2. The van der Waals surface area contributed by atoms with Crippen LogP contribution in [0.25, 0.3) is 22.4 Å². The van der Waals surface area contributed by atoms with Crippen molar-refractivity contribution in [3.63, 3.8) is 0 Å². The number of fused-ring (bicyclic) bond motifs is 1. The van der Waals surface area contributed by atoms with E-state index in [1.165, 1.54) is 0 Å². The van der Waals surface area contributed by atoms with Crippen molar-refractivity contribution in [3.05, 3.63) is 58.7 Å². The van der Waals surface area contributed by atoms with E-state index in [2.05, 4.69) is 34.4 Å². The van der Waals surface area contributed by atoms with Gasteiger partial charge in [0, 0.05) is 13.2 Å². The van der Waals surface area contributed by atoms with Crippen LogP contribution in [0.2, 0.25) is 0 Å². The van der Waals surface area contributed by atoms with E-state index in [1.807, 2.05) is 49.7 Å². The Bertz CT molecular complexity index is 895. The summed E-state index contributed by atoms with van der Waals surface area (Å²) >= 11 is 1.65. The third-order valence-electron chi connectivity index (χ3n) is 3.54. The van der Waals surface area contributed by atoms with Gasteiger partial charge in [0.1, 0.15) is 16.6 Å². The van der Waals surface area contributed by atoms with Crippen molar-refractivity contribution in [1.29, 1.82) is 0 Å². The lowest BCUT2D eigenvalue weighted by molar-refractivity contribution is 0.415.